The molecule has 0 heterocycles. The number of benzene rings is 1. The van der Waals surface area contributed by atoms with E-state index in [1.807, 2.05) is 18.2 Å². The van der Waals surface area contributed by atoms with Gasteiger partial charge in [-0.05, 0) is 75.8 Å². The zero-order valence-electron chi connectivity index (χ0n) is 16.1. The van der Waals surface area contributed by atoms with E-state index < -0.39 is 25.2 Å². The maximum absolute atomic E-state index is 9.99. The van der Waals surface area contributed by atoms with E-state index in [0.717, 1.165) is 18.0 Å². The van der Waals surface area contributed by atoms with Crippen molar-refractivity contribution in [2.45, 2.75) is 65.2 Å². The minimum atomic E-state index is -2.21. The van der Waals surface area contributed by atoms with Gasteiger partial charge in [-0.25, -0.2) is 0 Å². The smallest absolute Gasteiger partial charge is 0.314 e. The van der Waals surface area contributed by atoms with Gasteiger partial charge in [-0.2, -0.15) is 0 Å². The predicted molar refractivity (Wildman–Crippen MR) is 106 cm³/mol. The van der Waals surface area contributed by atoms with Gasteiger partial charge < -0.3 is 13.3 Å². The molecule has 6 heteroatoms. The van der Waals surface area contributed by atoms with Crippen LogP contribution < -0.4 is 0 Å². The Hall–Kier alpha value is -0.409. The molecule has 0 radical (unpaired) electrons. The van der Waals surface area contributed by atoms with Crippen LogP contribution in [0.2, 0.25) is 51.9 Å². The van der Waals surface area contributed by atoms with Gasteiger partial charge in [-0.3, -0.25) is 0 Å². The van der Waals surface area contributed by atoms with Gasteiger partial charge in [0, 0.05) is 0 Å². The molecule has 0 bridgehead atoms. The Morgan fingerprint density at radius 3 is 1.83 bits per heavy atom. The molecule has 1 aromatic rings. The molecule has 132 valence electrons. The Kier molecular flexibility index (Phi) is 6.86. The molecular formula is C17H34O3Si3. The first-order chi connectivity index (χ1) is 10.3. The SMILES string of the molecule is CC(Cc1ccccc1O)C[Si](C)(O[Si](C)(C)C)O[Si](C)(C)C. The van der Waals surface area contributed by atoms with E-state index in [2.05, 4.69) is 52.8 Å². The number of phenols is 1. The number of hydrogen-bond acceptors (Lipinski definition) is 3. The molecule has 0 aliphatic rings. The zero-order chi connectivity index (χ0) is 17.9. The third kappa shape index (κ3) is 8.30. The molecule has 0 aliphatic heterocycles. The second-order valence-electron chi connectivity index (χ2n) is 8.70. The van der Waals surface area contributed by atoms with Gasteiger partial charge in [0.2, 0.25) is 0 Å². The van der Waals surface area contributed by atoms with Gasteiger partial charge >= 0.3 is 8.56 Å². The van der Waals surface area contributed by atoms with E-state index in [1.165, 1.54) is 0 Å². The molecule has 0 amide bonds. The second kappa shape index (κ2) is 7.65. The molecule has 1 N–H and O–H groups in total. The lowest BCUT2D eigenvalue weighted by Gasteiger charge is -2.39. The van der Waals surface area contributed by atoms with Crippen molar-refractivity contribution in [2.75, 3.05) is 0 Å². The third-order valence-electron chi connectivity index (χ3n) is 3.32. The van der Waals surface area contributed by atoms with E-state index >= 15 is 0 Å². The predicted octanol–water partition coefficient (Wildman–Crippen LogP) is 5.35. The highest BCUT2D eigenvalue weighted by Crippen LogP contribution is 2.30. The monoisotopic (exact) mass is 370 g/mol. The number of para-hydroxylation sites is 1. The van der Waals surface area contributed by atoms with Crippen molar-refractivity contribution in [3.05, 3.63) is 29.8 Å². The molecule has 0 saturated carbocycles. The normalized spacial score (nSPS) is 14.8. The third-order valence-corrected chi connectivity index (χ3v) is 13.1. The van der Waals surface area contributed by atoms with Crippen LogP contribution in [0.15, 0.2) is 24.3 Å². The Morgan fingerprint density at radius 2 is 1.39 bits per heavy atom. The number of phenolic OH excluding ortho intramolecular Hbond substituents is 1. The van der Waals surface area contributed by atoms with Crippen molar-refractivity contribution in [3.63, 3.8) is 0 Å². The molecule has 0 spiro atoms. The second-order valence-corrected chi connectivity index (χ2v) is 21.5. The van der Waals surface area contributed by atoms with Crippen molar-refractivity contribution in [2.24, 2.45) is 5.92 Å². The Labute approximate surface area is 145 Å². The standard InChI is InChI=1S/C17H34O3Si3/c1-15(13-16-11-9-10-12-17(16)18)14-23(8,19-21(2,3)4)20-22(5,6)7/h9-12,15,18H,13-14H2,1-8H3. The molecule has 1 unspecified atom stereocenters. The Bertz CT molecular complexity index is 491. The first kappa shape index (κ1) is 20.6. The van der Waals surface area contributed by atoms with E-state index in [1.54, 1.807) is 6.07 Å². The van der Waals surface area contributed by atoms with Crippen molar-refractivity contribution in [3.8, 4) is 5.75 Å². The van der Waals surface area contributed by atoms with Gasteiger partial charge in [0.05, 0.1) is 0 Å². The summed E-state index contributed by atoms with van der Waals surface area (Å²) in [5.41, 5.74) is 1.01. The highest BCUT2D eigenvalue weighted by Gasteiger charge is 2.41. The lowest BCUT2D eigenvalue weighted by atomic mass is 10.0. The lowest BCUT2D eigenvalue weighted by Crippen LogP contribution is -2.53. The fourth-order valence-electron chi connectivity index (χ4n) is 3.16. The van der Waals surface area contributed by atoms with E-state index in [4.69, 9.17) is 8.23 Å². The molecule has 0 aliphatic carbocycles. The van der Waals surface area contributed by atoms with Crippen LogP contribution in [0.3, 0.4) is 0 Å². The van der Waals surface area contributed by atoms with Gasteiger partial charge in [-0.1, -0.05) is 25.1 Å². The fraction of sp³-hybridized carbons (Fsp3) is 0.647. The van der Waals surface area contributed by atoms with Crippen LogP contribution in [0.1, 0.15) is 12.5 Å². The average molecular weight is 371 g/mol. The number of aromatic hydroxyl groups is 1. The summed E-state index contributed by atoms with van der Waals surface area (Å²) in [6, 6.07) is 8.58. The number of rotatable bonds is 8. The summed E-state index contributed by atoms with van der Waals surface area (Å²) in [7, 11) is -5.52. The first-order valence-electron chi connectivity index (χ1n) is 8.47. The molecule has 1 aromatic carbocycles. The van der Waals surface area contributed by atoms with E-state index in [-0.39, 0.29) is 0 Å². The molecule has 0 saturated heterocycles. The molecular weight excluding hydrogens is 336 g/mol. The van der Waals surface area contributed by atoms with Crippen LogP contribution in [0.5, 0.6) is 5.75 Å². The van der Waals surface area contributed by atoms with Gasteiger partial charge in [0.1, 0.15) is 5.75 Å². The van der Waals surface area contributed by atoms with E-state index in [9.17, 15) is 5.11 Å². The summed E-state index contributed by atoms with van der Waals surface area (Å²) in [6.07, 6.45) is 0.860. The topological polar surface area (TPSA) is 38.7 Å². The minimum Gasteiger partial charge on any atom is -0.508 e. The van der Waals surface area contributed by atoms with Crippen molar-refractivity contribution in [1.29, 1.82) is 0 Å². The quantitative estimate of drug-likeness (QED) is 0.627. The lowest BCUT2D eigenvalue weighted by molar-refractivity contribution is 0.368. The highest BCUT2D eigenvalue weighted by molar-refractivity contribution is 6.87. The maximum Gasteiger partial charge on any atom is 0.314 e. The van der Waals surface area contributed by atoms with Crippen molar-refractivity contribution in [1.82, 2.24) is 0 Å². The van der Waals surface area contributed by atoms with Crippen molar-refractivity contribution < 1.29 is 13.3 Å². The molecule has 0 aromatic heterocycles. The summed E-state index contributed by atoms with van der Waals surface area (Å²) in [5.74, 6) is 0.813. The van der Waals surface area contributed by atoms with Gasteiger partial charge in [0.25, 0.3) is 0 Å². The first-order valence-corrected chi connectivity index (χ1v) is 17.8. The van der Waals surface area contributed by atoms with Crippen LogP contribution in [0, 0.1) is 5.92 Å². The summed E-state index contributed by atoms with van der Waals surface area (Å²) in [6.45, 7) is 17.9. The molecule has 3 nitrogen and oxygen atoms in total. The average Bonchev–Trinajstić information content (AvgIpc) is 2.25. The summed E-state index contributed by atoms with van der Waals surface area (Å²) in [5, 5.41) is 9.99. The Morgan fingerprint density at radius 1 is 0.913 bits per heavy atom. The molecule has 1 rings (SSSR count). The molecule has 1 atom stereocenters. The summed E-state index contributed by atoms with van der Waals surface area (Å²) in [4.78, 5) is 0. The molecule has 23 heavy (non-hydrogen) atoms. The van der Waals surface area contributed by atoms with Crippen LogP contribution in [0.4, 0.5) is 0 Å². The summed E-state index contributed by atoms with van der Waals surface area (Å²) >= 11 is 0. The van der Waals surface area contributed by atoms with Crippen molar-refractivity contribution >= 4 is 25.2 Å². The minimum absolute atomic E-state index is 0.389. The van der Waals surface area contributed by atoms with Crippen LogP contribution >= 0.6 is 0 Å². The van der Waals surface area contributed by atoms with Gasteiger partial charge in [-0.15, -0.1) is 0 Å². The largest absolute Gasteiger partial charge is 0.508 e. The fourth-order valence-corrected chi connectivity index (χ4v) is 16.1. The van der Waals surface area contributed by atoms with Crippen LogP contribution in [-0.2, 0) is 14.7 Å². The van der Waals surface area contributed by atoms with Gasteiger partial charge in [0.15, 0.2) is 16.6 Å². The van der Waals surface area contributed by atoms with Crippen LogP contribution in [0.25, 0.3) is 0 Å². The summed E-state index contributed by atoms with van der Waals surface area (Å²) < 4.78 is 13.1. The molecule has 0 fully saturated rings. The highest BCUT2D eigenvalue weighted by atomic mass is 28.5. The van der Waals surface area contributed by atoms with E-state index in [0.29, 0.717) is 11.7 Å². The number of hydrogen-bond donors (Lipinski definition) is 1. The van der Waals surface area contributed by atoms with Crippen LogP contribution in [-0.4, -0.2) is 30.3 Å². The Balaban J connectivity index is 2.85. The zero-order valence-corrected chi connectivity index (χ0v) is 19.1. The maximum atomic E-state index is 9.99.